The lowest BCUT2D eigenvalue weighted by Gasteiger charge is -2.20. The summed E-state index contributed by atoms with van der Waals surface area (Å²) in [7, 11) is 0. The van der Waals surface area contributed by atoms with Crippen LogP contribution in [0.1, 0.15) is 13.8 Å². The predicted molar refractivity (Wildman–Crippen MR) is 48.3 cm³/mol. The molecule has 0 saturated heterocycles. The second-order valence-electron chi connectivity index (χ2n) is 2.76. The van der Waals surface area contributed by atoms with Crippen LogP contribution in [0, 0.1) is 0 Å². The Balaban J connectivity index is 3.83. The van der Waals surface area contributed by atoms with Crippen molar-refractivity contribution in [3.8, 4) is 0 Å². The number of carbonyl (C=O) groups is 1. The number of hydrogen-bond donors (Lipinski definition) is 2. The smallest absolute Gasteiger partial charge is 0.317 e. The van der Waals surface area contributed by atoms with E-state index in [-0.39, 0.29) is 0 Å². The highest BCUT2D eigenvalue weighted by Gasteiger charge is 2.18. The molecule has 2 amide bonds. The van der Waals surface area contributed by atoms with Gasteiger partial charge in [-0.3, -0.25) is 0 Å². The quantitative estimate of drug-likeness (QED) is 0.700. The number of hydrogen-bond acceptors (Lipinski definition) is 2. The number of rotatable bonds is 5. The van der Waals surface area contributed by atoms with Crippen LogP contribution < -0.4 is 5.32 Å². The summed E-state index contributed by atoms with van der Waals surface area (Å²) in [5.41, 5.74) is 0. The minimum Gasteiger partial charge on any atom is -0.385 e. The molecule has 84 valence electrons. The van der Waals surface area contributed by atoms with Crippen molar-refractivity contribution in [1.29, 1.82) is 0 Å². The first-order valence-electron chi connectivity index (χ1n) is 4.51. The minimum absolute atomic E-state index is 0.424. The second kappa shape index (κ2) is 6.53. The van der Waals surface area contributed by atoms with Crippen LogP contribution in [0.15, 0.2) is 0 Å². The number of amides is 2. The largest absolute Gasteiger partial charge is 0.385 e. The Morgan fingerprint density at radius 3 is 2.29 bits per heavy atom. The summed E-state index contributed by atoms with van der Waals surface area (Å²) in [5.74, 6) is 0. The van der Waals surface area contributed by atoms with E-state index in [4.69, 9.17) is 5.11 Å². The number of aliphatic hydroxyl groups excluding tert-OH is 1. The fourth-order valence-electron chi connectivity index (χ4n) is 0.904. The Morgan fingerprint density at radius 2 is 1.93 bits per heavy atom. The highest BCUT2D eigenvalue weighted by molar-refractivity contribution is 5.74. The van der Waals surface area contributed by atoms with Gasteiger partial charge >= 0.3 is 6.03 Å². The maximum Gasteiger partial charge on any atom is 0.317 e. The van der Waals surface area contributed by atoms with Crippen LogP contribution in [-0.2, 0) is 0 Å². The number of aliphatic hydroxyl groups is 1. The van der Waals surface area contributed by atoms with E-state index in [1.54, 1.807) is 13.8 Å². The molecule has 0 aliphatic heterocycles. The van der Waals surface area contributed by atoms with Crippen LogP contribution in [0.3, 0.4) is 0 Å². The molecule has 0 aromatic carbocycles. The van der Waals surface area contributed by atoms with Gasteiger partial charge in [0.05, 0.1) is 6.54 Å². The predicted octanol–water partition coefficient (Wildman–Crippen LogP) is 0.664. The minimum atomic E-state index is -2.83. The lowest BCUT2D eigenvalue weighted by molar-refractivity contribution is -0.00226. The number of halogens is 2. The zero-order valence-corrected chi connectivity index (χ0v) is 8.33. The Bertz CT molecular complexity index is 175. The Morgan fingerprint density at radius 1 is 1.43 bits per heavy atom. The normalized spacial score (nSPS) is 12.7. The van der Waals surface area contributed by atoms with E-state index in [2.05, 4.69) is 5.32 Å². The van der Waals surface area contributed by atoms with Crippen LogP contribution >= 0.6 is 0 Å². The van der Waals surface area contributed by atoms with Crippen molar-refractivity contribution < 1.29 is 18.7 Å². The molecule has 6 heteroatoms. The fourth-order valence-corrected chi connectivity index (χ4v) is 0.904. The standard InChI is InChI=1S/C8H16F2N2O2/c1-3-12(4-2)8(14)11-5-6(13)7(9)10/h6-7,13H,3-5H2,1-2H3,(H,11,14). The van der Waals surface area contributed by atoms with Crippen LogP contribution in [0.25, 0.3) is 0 Å². The van der Waals surface area contributed by atoms with E-state index < -0.39 is 25.1 Å². The molecule has 1 atom stereocenters. The van der Waals surface area contributed by atoms with E-state index in [1.165, 1.54) is 4.90 Å². The van der Waals surface area contributed by atoms with Crippen molar-refractivity contribution in [3.05, 3.63) is 0 Å². The molecule has 0 rings (SSSR count). The molecule has 0 fully saturated rings. The van der Waals surface area contributed by atoms with Gasteiger partial charge in [0, 0.05) is 13.1 Å². The second-order valence-corrected chi connectivity index (χ2v) is 2.76. The first-order valence-corrected chi connectivity index (χ1v) is 4.51. The summed E-state index contributed by atoms with van der Waals surface area (Å²) in [6, 6.07) is -0.435. The molecule has 0 aliphatic carbocycles. The van der Waals surface area contributed by atoms with Gasteiger partial charge in [0.1, 0.15) is 6.10 Å². The van der Waals surface area contributed by atoms with Gasteiger partial charge in [-0.05, 0) is 13.8 Å². The van der Waals surface area contributed by atoms with Gasteiger partial charge in [-0.25, -0.2) is 13.6 Å². The van der Waals surface area contributed by atoms with Crippen molar-refractivity contribution in [2.24, 2.45) is 0 Å². The highest BCUT2D eigenvalue weighted by atomic mass is 19.3. The molecule has 0 aromatic heterocycles. The Labute approximate surface area is 81.9 Å². The molecule has 0 aliphatic rings. The summed E-state index contributed by atoms with van der Waals surface area (Å²) in [6.07, 6.45) is -4.62. The van der Waals surface area contributed by atoms with Crippen LogP contribution in [0.5, 0.6) is 0 Å². The van der Waals surface area contributed by atoms with Crippen molar-refractivity contribution >= 4 is 6.03 Å². The van der Waals surface area contributed by atoms with Gasteiger partial charge in [0.15, 0.2) is 0 Å². The zero-order chi connectivity index (χ0) is 11.1. The molecule has 0 radical (unpaired) electrons. The first-order chi connectivity index (χ1) is 6.52. The van der Waals surface area contributed by atoms with E-state index >= 15 is 0 Å². The molecule has 0 aromatic rings. The monoisotopic (exact) mass is 210 g/mol. The molecule has 0 spiro atoms. The van der Waals surface area contributed by atoms with Crippen LogP contribution in [0.4, 0.5) is 13.6 Å². The Kier molecular flexibility index (Phi) is 6.11. The third kappa shape index (κ3) is 4.36. The maximum absolute atomic E-state index is 11.8. The van der Waals surface area contributed by atoms with Gasteiger partial charge in [-0.2, -0.15) is 0 Å². The highest BCUT2D eigenvalue weighted by Crippen LogP contribution is 1.99. The summed E-state index contributed by atoms with van der Waals surface area (Å²) in [5, 5.41) is 10.9. The van der Waals surface area contributed by atoms with Gasteiger partial charge < -0.3 is 15.3 Å². The van der Waals surface area contributed by atoms with Crippen molar-refractivity contribution in [3.63, 3.8) is 0 Å². The number of carbonyl (C=O) groups excluding carboxylic acids is 1. The Hall–Kier alpha value is -0.910. The molecule has 0 heterocycles. The molecular weight excluding hydrogens is 194 g/mol. The fraction of sp³-hybridized carbons (Fsp3) is 0.875. The van der Waals surface area contributed by atoms with E-state index in [9.17, 15) is 13.6 Å². The molecule has 1 unspecified atom stereocenters. The van der Waals surface area contributed by atoms with E-state index in [0.717, 1.165) is 0 Å². The number of nitrogens with one attached hydrogen (secondary N) is 1. The molecule has 0 saturated carbocycles. The maximum atomic E-state index is 11.8. The van der Waals surface area contributed by atoms with E-state index in [0.29, 0.717) is 13.1 Å². The topological polar surface area (TPSA) is 52.6 Å². The van der Waals surface area contributed by atoms with E-state index in [1.807, 2.05) is 0 Å². The lowest BCUT2D eigenvalue weighted by atomic mass is 10.4. The number of nitrogens with zero attached hydrogens (tertiary/aromatic N) is 1. The van der Waals surface area contributed by atoms with Gasteiger partial charge in [-0.1, -0.05) is 0 Å². The molecule has 4 nitrogen and oxygen atoms in total. The van der Waals surface area contributed by atoms with Crippen molar-refractivity contribution in [1.82, 2.24) is 10.2 Å². The van der Waals surface area contributed by atoms with Gasteiger partial charge in [0.2, 0.25) is 0 Å². The van der Waals surface area contributed by atoms with Crippen LogP contribution in [0.2, 0.25) is 0 Å². The number of alkyl halides is 2. The van der Waals surface area contributed by atoms with Crippen LogP contribution in [-0.4, -0.2) is 48.2 Å². The third-order valence-electron chi connectivity index (χ3n) is 1.80. The van der Waals surface area contributed by atoms with Gasteiger partial charge in [-0.15, -0.1) is 0 Å². The average molecular weight is 210 g/mol. The van der Waals surface area contributed by atoms with Crippen molar-refractivity contribution in [2.75, 3.05) is 19.6 Å². The lowest BCUT2D eigenvalue weighted by Crippen LogP contribution is -2.44. The molecule has 2 N–H and O–H groups in total. The summed E-state index contributed by atoms with van der Waals surface area (Å²) < 4.78 is 23.7. The molecule has 14 heavy (non-hydrogen) atoms. The van der Waals surface area contributed by atoms with Gasteiger partial charge in [0.25, 0.3) is 6.43 Å². The third-order valence-corrected chi connectivity index (χ3v) is 1.80. The summed E-state index contributed by atoms with van der Waals surface area (Å²) in [4.78, 5) is 12.6. The molecular formula is C8H16F2N2O2. The SMILES string of the molecule is CCN(CC)C(=O)NCC(O)C(F)F. The average Bonchev–Trinajstić information content (AvgIpc) is 2.15. The number of urea groups is 1. The van der Waals surface area contributed by atoms with Crippen molar-refractivity contribution in [2.45, 2.75) is 26.4 Å². The summed E-state index contributed by atoms with van der Waals surface area (Å²) >= 11 is 0. The zero-order valence-electron chi connectivity index (χ0n) is 8.33. The summed E-state index contributed by atoms with van der Waals surface area (Å²) in [6.45, 7) is 4.16. The first kappa shape index (κ1) is 13.1. The molecule has 0 bridgehead atoms.